The van der Waals surface area contributed by atoms with Gasteiger partial charge in [-0.1, -0.05) is 55.8 Å². The van der Waals surface area contributed by atoms with Crippen molar-refractivity contribution in [3.05, 3.63) is 64.2 Å². The summed E-state index contributed by atoms with van der Waals surface area (Å²) in [5.74, 6) is 1.54. The molecule has 2 aromatic rings. The van der Waals surface area contributed by atoms with Gasteiger partial charge in [0.1, 0.15) is 5.75 Å². The molecule has 2 aromatic carbocycles. The fourth-order valence-electron chi connectivity index (χ4n) is 2.70. The third kappa shape index (κ3) is 4.73. The van der Waals surface area contributed by atoms with Crippen LogP contribution < -0.4 is 10.5 Å². The summed E-state index contributed by atoms with van der Waals surface area (Å²) in [5, 5.41) is 0.651. The first-order chi connectivity index (χ1) is 11.0. The number of benzene rings is 2. The van der Waals surface area contributed by atoms with E-state index in [-0.39, 0.29) is 5.92 Å². The maximum atomic E-state index is 6.30. The summed E-state index contributed by atoms with van der Waals surface area (Å²) in [6, 6.07) is 14.8. The minimum Gasteiger partial charge on any atom is -0.492 e. The molecule has 1 atom stereocenters. The second-order valence-corrected chi connectivity index (χ2v) is 6.56. The van der Waals surface area contributed by atoms with Gasteiger partial charge in [0.2, 0.25) is 0 Å². The smallest absolute Gasteiger partial charge is 0.137 e. The zero-order valence-electron chi connectivity index (χ0n) is 14.2. The normalized spacial score (nSPS) is 12.4. The minimum atomic E-state index is 0.257. The van der Waals surface area contributed by atoms with Crippen LogP contribution in [0, 0.1) is 0 Å². The van der Waals surface area contributed by atoms with E-state index in [0.29, 0.717) is 24.1 Å². The lowest BCUT2D eigenvalue weighted by atomic mass is 9.91. The number of ether oxygens (including phenoxy) is 1. The van der Waals surface area contributed by atoms with Crippen molar-refractivity contribution in [2.75, 3.05) is 13.2 Å². The summed E-state index contributed by atoms with van der Waals surface area (Å²) in [6.07, 6.45) is 0.916. The standard InChI is InChI=1S/C20H26ClNO/c1-4-23-20-10-9-17(12-19(20)21)18(13-22)11-15-5-7-16(8-6-15)14(2)3/h5-10,12,14,18H,4,11,13,22H2,1-3H3. The van der Waals surface area contributed by atoms with E-state index >= 15 is 0 Å². The van der Waals surface area contributed by atoms with Crippen LogP contribution >= 0.6 is 11.6 Å². The van der Waals surface area contributed by atoms with E-state index in [2.05, 4.69) is 44.2 Å². The predicted octanol–water partition coefficient (Wildman–Crippen LogP) is 5.15. The Morgan fingerprint density at radius 1 is 1.04 bits per heavy atom. The fraction of sp³-hybridized carbons (Fsp3) is 0.400. The molecule has 0 fully saturated rings. The molecule has 2 nitrogen and oxygen atoms in total. The summed E-state index contributed by atoms with van der Waals surface area (Å²) in [4.78, 5) is 0. The van der Waals surface area contributed by atoms with Gasteiger partial charge in [0.25, 0.3) is 0 Å². The Morgan fingerprint density at radius 3 is 2.22 bits per heavy atom. The second kappa shape index (κ2) is 8.37. The maximum Gasteiger partial charge on any atom is 0.137 e. The van der Waals surface area contributed by atoms with Crippen LogP contribution in [-0.4, -0.2) is 13.2 Å². The second-order valence-electron chi connectivity index (χ2n) is 6.16. The Bertz CT molecular complexity index is 622. The molecule has 0 bridgehead atoms. The van der Waals surface area contributed by atoms with Crippen molar-refractivity contribution in [1.29, 1.82) is 0 Å². The average Bonchev–Trinajstić information content (AvgIpc) is 2.55. The van der Waals surface area contributed by atoms with Gasteiger partial charge >= 0.3 is 0 Å². The number of hydrogen-bond acceptors (Lipinski definition) is 2. The highest BCUT2D eigenvalue weighted by atomic mass is 35.5. The van der Waals surface area contributed by atoms with Crippen LogP contribution in [0.2, 0.25) is 5.02 Å². The van der Waals surface area contributed by atoms with Crippen molar-refractivity contribution in [2.45, 2.75) is 39.0 Å². The zero-order chi connectivity index (χ0) is 16.8. The Kier molecular flexibility index (Phi) is 6.49. The van der Waals surface area contributed by atoms with Gasteiger partial charge in [-0.05, 0) is 54.6 Å². The molecule has 0 heterocycles. The molecule has 3 heteroatoms. The summed E-state index contributed by atoms with van der Waals surface area (Å²) in [6.45, 7) is 7.57. The van der Waals surface area contributed by atoms with Crippen molar-refractivity contribution < 1.29 is 4.74 Å². The van der Waals surface area contributed by atoms with Gasteiger partial charge in [-0.25, -0.2) is 0 Å². The SMILES string of the molecule is CCOc1ccc(C(CN)Cc2ccc(C(C)C)cc2)cc1Cl. The van der Waals surface area contributed by atoms with Crippen molar-refractivity contribution in [3.8, 4) is 5.75 Å². The van der Waals surface area contributed by atoms with E-state index in [1.807, 2.05) is 19.1 Å². The molecule has 0 aliphatic carbocycles. The number of nitrogens with two attached hydrogens (primary N) is 1. The van der Waals surface area contributed by atoms with Crippen molar-refractivity contribution in [2.24, 2.45) is 5.73 Å². The lowest BCUT2D eigenvalue weighted by Gasteiger charge is -2.17. The van der Waals surface area contributed by atoms with Gasteiger partial charge in [-0.2, -0.15) is 0 Å². The molecule has 0 saturated carbocycles. The van der Waals surface area contributed by atoms with E-state index in [1.54, 1.807) is 0 Å². The predicted molar refractivity (Wildman–Crippen MR) is 98.7 cm³/mol. The van der Waals surface area contributed by atoms with Gasteiger partial charge in [-0.15, -0.1) is 0 Å². The lowest BCUT2D eigenvalue weighted by molar-refractivity contribution is 0.340. The Morgan fingerprint density at radius 2 is 1.70 bits per heavy atom. The number of hydrogen-bond donors (Lipinski definition) is 1. The summed E-state index contributed by atoms with van der Waals surface area (Å²) in [7, 11) is 0. The third-order valence-corrected chi connectivity index (χ3v) is 4.44. The van der Waals surface area contributed by atoms with E-state index in [4.69, 9.17) is 22.1 Å². The summed E-state index contributed by atoms with van der Waals surface area (Å²) >= 11 is 6.30. The van der Waals surface area contributed by atoms with E-state index in [0.717, 1.165) is 17.7 Å². The summed E-state index contributed by atoms with van der Waals surface area (Å²) < 4.78 is 5.50. The molecule has 23 heavy (non-hydrogen) atoms. The molecule has 2 N–H and O–H groups in total. The molecule has 0 aliphatic rings. The van der Waals surface area contributed by atoms with Gasteiger partial charge in [-0.3, -0.25) is 0 Å². The van der Waals surface area contributed by atoms with E-state index in [1.165, 1.54) is 11.1 Å². The van der Waals surface area contributed by atoms with Crippen molar-refractivity contribution in [1.82, 2.24) is 0 Å². The van der Waals surface area contributed by atoms with Crippen LogP contribution in [0.5, 0.6) is 5.75 Å². The number of halogens is 1. The molecule has 0 aromatic heterocycles. The first-order valence-electron chi connectivity index (χ1n) is 8.26. The van der Waals surface area contributed by atoms with Gasteiger partial charge < -0.3 is 10.5 Å². The molecule has 124 valence electrons. The molecule has 0 radical (unpaired) electrons. The topological polar surface area (TPSA) is 35.2 Å². The highest BCUT2D eigenvalue weighted by molar-refractivity contribution is 6.32. The monoisotopic (exact) mass is 331 g/mol. The first kappa shape index (κ1) is 17.8. The van der Waals surface area contributed by atoms with Gasteiger partial charge in [0.05, 0.1) is 11.6 Å². The third-order valence-electron chi connectivity index (χ3n) is 4.14. The largest absolute Gasteiger partial charge is 0.492 e. The quantitative estimate of drug-likeness (QED) is 0.761. The van der Waals surface area contributed by atoms with Crippen LogP contribution in [0.4, 0.5) is 0 Å². The van der Waals surface area contributed by atoms with Crippen molar-refractivity contribution in [3.63, 3.8) is 0 Å². The average molecular weight is 332 g/mol. The Hall–Kier alpha value is -1.51. The Labute approximate surface area is 144 Å². The molecule has 1 unspecified atom stereocenters. The van der Waals surface area contributed by atoms with Gasteiger partial charge in [0, 0.05) is 5.92 Å². The van der Waals surface area contributed by atoms with E-state index < -0.39 is 0 Å². The maximum absolute atomic E-state index is 6.30. The molecule has 0 amide bonds. The molecule has 0 spiro atoms. The highest BCUT2D eigenvalue weighted by Gasteiger charge is 2.13. The fourth-order valence-corrected chi connectivity index (χ4v) is 2.95. The number of rotatable bonds is 7. The van der Waals surface area contributed by atoms with Crippen LogP contribution in [0.25, 0.3) is 0 Å². The highest BCUT2D eigenvalue weighted by Crippen LogP contribution is 2.30. The van der Waals surface area contributed by atoms with Crippen LogP contribution in [-0.2, 0) is 6.42 Å². The lowest BCUT2D eigenvalue weighted by Crippen LogP contribution is -2.15. The Balaban J connectivity index is 2.14. The van der Waals surface area contributed by atoms with Crippen LogP contribution in [0.15, 0.2) is 42.5 Å². The van der Waals surface area contributed by atoms with Crippen LogP contribution in [0.1, 0.15) is 49.3 Å². The molecular weight excluding hydrogens is 306 g/mol. The van der Waals surface area contributed by atoms with Crippen molar-refractivity contribution >= 4 is 11.6 Å². The summed E-state index contributed by atoms with van der Waals surface area (Å²) in [5.41, 5.74) is 9.83. The van der Waals surface area contributed by atoms with Gasteiger partial charge in [0.15, 0.2) is 0 Å². The molecule has 2 rings (SSSR count). The first-order valence-corrected chi connectivity index (χ1v) is 8.64. The molecular formula is C20H26ClNO. The molecule has 0 aliphatic heterocycles. The molecule has 0 saturated heterocycles. The minimum absolute atomic E-state index is 0.257. The van der Waals surface area contributed by atoms with E-state index in [9.17, 15) is 0 Å². The zero-order valence-corrected chi connectivity index (χ0v) is 14.9. The van der Waals surface area contributed by atoms with Crippen LogP contribution in [0.3, 0.4) is 0 Å².